The molecule has 3 amide bonds. The number of aryl methyl sites for hydroxylation is 2. The van der Waals surface area contributed by atoms with E-state index < -0.39 is 0 Å². The summed E-state index contributed by atoms with van der Waals surface area (Å²) in [5.74, 6) is 0.943. The van der Waals surface area contributed by atoms with Crippen LogP contribution < -0.4 is 16.0 Å². The Bertz CT molecular complexity index is 712. The molecule has 0 saturated carbocycles. The number of hydrogen-bond acceptors (Lipinski definition) is 3. The van der Waals surface area contributed by atoms with Gasteiger partial charge < -0.3 is 20.5 Å². The van der Waals surface area contributed by atoms with Crippen molar-refractivity contribution in [2.75, 3.05) is 12.4 Å². The predicted molar refractivity (Wildman–Crippen MR) is 90.9 cm³/mol. The summed E-state index contributed by atoms with van der Waals surface area (Å²) in [4.78, 5) is 28.0. The third-order valence-corrected chi connectivity index (χ3v) is 4.02. The lowest BCUT2D eigenvalue weighted by Gasteiger charge is -2.11. The summed E-state index contributed by atoms with van der Waals surface area (Å²) < 4.78 is 2.16. The average Bonchev–Trinajstić information content (AvgIpc) is 3.03. The van der Waals surface area contributed by atoms with Crippen molar-refractivity contribution in [3.05, 3.63) is 47.5 Å². The van der Waals surface area contributed by atoms with Gasteiger partial charge >= 0.3 is 6.03 Å². The van der Waals surface area contributed by atoms with Crippen LogP contribution >= 0.6 is 0 Å². The van der Waals surface area contributed by atoms with Crippen molar-refractivity contribution in [1.82, 2.24) is 20.2 Å². The van der Waals surface area contributed by atoms with Crippen LogP contribution in [0, 0.1) is 0 Å². The van der Waals surface area contributed by atoms with Gasteiger partial charge in [-0.25, -0.2) is 9.78 Å². The molecule has 1 aliphatic rings. The zero-order valence-electron chi connectivity index (χ0n) is 13.6. The highest BCUT2D eigenvalue weighted by Gasteiger charge is 2.12. The molecule has 126 valence electrons. The highest BCUT2D eigenvalue weighted by molar-refractivity contribution is 5.95. The van der Waals surface area contributed by atoms with Crippen LogP contribution in [0.15, 0.2) is 30.5 Å². The van der Waals surface area contributed by atoms with Crippen molar-refractivity contribution in [3.63, 3.8) is 0 Å². The fourth-order valence-corrected chi connectivity index (χ4v) is 2.75. The maximum Gasteiger partial charge on any atom is 0.319 e. The molecule has 2 heterocycles. The summed E-state index contributed by atoms with van der Waals surface area (Å²) >= 11 is 0. The number of urea groups is 1. The minimum absolute atomic E-state index is 0.158. The SMILES string of the molecule is CNC(=O)c1ccc(NC(=O)NCc2cn3c(n2)CCCC3)cc1. The first-order valence-corrected chi connectivity index (χ1v) is 8.07. The van der Waals surface area contributed by atoms with E-state index >= 15 is 0 Å². The maximum absolute atomic E-state index is 12.0. The Hall–Kier alpha value is -2.83. The molecule has 7 heteroatoms. The second-order valence-corrected chi connectivity index (χ2v) is 5.76. The molecule has 0 spiro atoms. The van der Waals surface area contributed by atoms with Gasteiger partial charge in [-0.3, -0.25) is 4.79 Å². The monoisotopic (exact) mass is 327 g/mol. The van der Waals surface area contributed by atoms with E-state index in [1.807, 2.05) is 6.20 Å². The minimum atomic E-state index is -0.298. The standard InChI is InChI=1S/C17H21N5O2/c1-18-16(23)12-5-7-13(8-6-12)21-17(24)19-10-14-11-22-9-3-2-4-15(22)20-14/h5-8,11H,2-4,9-10H2,1H3,(H,18,23)(H2,19,21,24). The van der Waals surface area contributed by atoms with E-state index in [1.165, 1.54) is 12.8 Å². The predicted octanol–water partition coefficient (Wildman–Crippen LogP) is 1.90. The van der Waals surface area contributed by atoms with E-state index in [2.05, 4.69) is 25.5 Å². The normalized spacial score (nSPS) is 13.0. The van der Waals surface area contributed by atoms with Crippen molar-refractivity contribution in [3.8, 4) is 0 Å². The molecule has 0 atom stereocenters. The Labute approximate surface area is 140 Å². The first kappa shape index (κ1) is 16.0. The van der Waals surface area contributed by atoms with Crippen LogP contribution in [0.3, 0.4) is 0 Å². The second-order valence-electron chi connectivity index (χ2n) is 5.76. The van der Waals surface area contributed by atoms with E-state index in [4.69, 9.17) is 0 Å². The minimum Gasteiger partial charge on any atom is -0.355 e. The van der Waals surface area contributed by atoms with Crippen LogP contribution in [0.1, 0.15) is 34.7 Å². The van der Waals surface area contributed by atoms with Crippen LogP contribution in [-0.2, 0) is 19.5 Å². The molecule has 0 radical (unpaired) electrons. The largest absolute Gasteiger partial charge is 0.355 e. The lowest BCUT2D eigenvalue weighted by atomic mass is 10.2. The molecule has 1 aliphatic heterocycles. The summed E-state index contributed by atoms with van der Waals surface area (Å²) in [6.07, 6.45) is 5.37. The van der Waals surface area contributed by atoms with Gasteiger partial charge in [0.05, 0.1) is 12.2 Å². The van der Waals surface area contributed by atoms with Crippen LogP contribution in [0.2, 0.25) is 0 Å². The van der Waals surface area contributed by atoms with E-state index in [0.29, 0.717) is 17.8 Å². The van der Waals surface area contributed by atoms with Gasteiger partial charge in [-0.2, -0.15) is 0 Å². The second kappa shape index (κ2) is 7.16. The summed E-state index contributed by atoms with van der Waals surface area (Å²) in [7, 11) is 1.58. The Kier molecular flexibility index (Phi) is 4.79. The zero-order valence-corrected chi connectivity index (χ0v) is 13.6. The van der Waals surface area contributed by atoms with Crippen LogP contribution in [0.4, 0.5) is 10.5 Å². The third kappa shape index (κ3) is 3.73. The molecule has 1 aromatic carbocycles. The number of fused-ring (bicyclic) bond motifs is 1. The van der Waals surface area contributed by atoms with Crippen molar-refractivity contribution in [1.29, 1.82) is 0 Å². The Balaban J connectivity index is 1.52. The summed E-state index contributed by atoms with van der Waals surface area (Å²) in [6, 6.07) is 6.42. The maximum atomic E-state index is 12.0. The highest BCUT2D eigenvalue weighted by atomic mass is 16.2. The number of imidazole rings is 1. The van der Waals surface area contributed by atoms with Gasteiger partial charge in [0.1, 0.15) is 5.82 Å². The number of aromatic nitrogens is 2. The molecule has 0 fully saturated rings. The average molecular weight is 327 g/mol. The van der Waals surface area contributed by atoms with Crippen molar-refractivity contribution in [2.45, 2.75) is 32.4 Å². The Morgan fingerprint density at radius 3 is 2.71 bits per heavy atom. The van der Waals surface area contributed by atoms with Crippen LogP contribution in [0.25, 0.3) is 0 Å². The Morgan fingerprint density at radius 2 is 2.00 bits per heavy atom. The fraction of sp³-hybridized carbons (Fsp3) is 0.353. The van der Waals surface area contributed by atoms with E-state index in [1.54, 1.807) is 31.3 Å². The van der Waals surface area contributed by atoms with Gasteiger partial charge in [-0.15, -0.1) is 0 Å². The van der Waals surface area contributed by atoms with Gasteiger partial charge in [-0.1, -0.05) is 0 Å². The van der Waals surface area contributed by atoms with Gasteiger partial charge in [0.2, 0.25) is 0 Å². The highest BCUT2D eigenvalue weighted by Crippen LogP contribution is 2.14. The molecule has 3 N–H and O–H groups in total. The van der Waals surface area contributed by atoms with Crippen LogP contribution in [0.5, 0.6) is 0 Å². The number of anilines is 1. The number of hydrogen-bond donors (Lipinski definition) is 3. The topological polar surface area (TPSA) is 88.0 Å². The quantitative estimate of drug-likeness (QED) is 0.801. The molecule has 0 unspecified atom stereocenters. The summed E-state index contributed by atoms with van der Waals surface area (Å²) in [6.45, 7) is 1.40. The lowest BCUT2D eigenvalue weighted by Crippen LogP contribution is -2.28. The molecular weight excluding hydrogens is 306 g/mol. The zero-order chi connectivity index (χ0) is 16.9. The molecule has 2 aromatic rings. The van der Waals surface area contributed by atoms with Crippen molar-refractivity contribution in [2.24, 2.45) is 0 Å². The number of carbonyl (C=O) groups is 2. The molecule has 0 saturated heterocycles. The van der Waals surface area contributed by atoms with Gasteiger partial charge in [0, 0.05) is 37.5 Å². The number of carbonyl (C=O) groups excluding carboxylic acids is 2. The van der Waals surface area contributed by atoms with Crippen molar-refractivity contribution >= 4 is 17.6 Å². The molecule has 0 bridgehead atoms. The van der Waals surface area contributed by atoms with Crippen LogP contribution in [-0.4, -0.2) is 28.5 Å². The number of nitrogens with one attached hydrogen (secondary N) is 3. The van der Waals surface area contributed by atoms with E-state index in [-0.39, 0.29) is 11.9 Å². The number of nitrogens with zero attached hydrogens (tertiary/aromatic N) is 2. The van der Waals surface area contributed by atoms with Crippen molar-refractivity contribution < 1.29 is 9.59 Å². The molecular formula is C17H21N5O2. The summed E-state index contributed by atoms with van der Waals surface area (Å²) in [5, 5.41) is 8.09. The van der Waals surface area contributed by atoms with E-state index in [0.717, 1.165) is 24.5 Å². The lowest BCUT2D eigenvalue weighted by molar-refractivity contribution is 0.0963. The fourth-order valence-electron chi connectivity index (χ4n) is 2.75. The number of rotatable bonds is 4. The first-order valence-electron chi connectivity index (χ1n) is 8.07. The smallest absolute Gasteiger partial charge is 0.319 e. The summed E-state index contributed by atoms with van der Waals surface area (Å²) in [5.41, 5.74) is 2.05. The molecule has 3 rings (SSSR count). The van der Waals surface area contributed by atoms with Gasteiger partial charge in [-0.05, 0) is 37.1 Å². The van der Waals surface area contributed by atoms with Gasteiger partial charge in [0.25, 0.3) is 5.91 Å². The molecule has 1 aromatic heterocycles. The van der Waals surface area contributed by atoms with Gasteiger partial charge in [0.15, 0.2) is 0 Å². The number of benzene rings is 1. The molecule has 0 aliphatic carbocycles. The number of amides is 3. The first-order chi connectivity index (χ1) is 11.7. The molecule has 24 heavy (non-hydrogen) atoms. The van der Waals surface area contributed by atoms with E-state index in [9.17, 15) is 9.59 Å². The Morgan fingerprint density at radius 1 is 1.21 bits per heavy atom. The third-order valence-electron chi connectivity index (χ3n) is 4.02. The molecule has 7 nitrogen and oxygen atoms in total.